The van der Waals surface area contributed by atoms with Crippen molar-refractivity contribution in [3.8, 4) is 5.75 Å². The van der Waals surface area contributed by atoms with Crippen LogP contribution in [0, 0.1) is 0 Å². The van der Waals surface area contributed by atoms with Crippen LogP contribution < -0.4 is 15.4 Å². The number of urea groups is 1. The van der Waals surface area contributed by atoms with Gasteiger partial charge in [-0.3, -0.25) is 9.80 Å². The Morgan fingerprint density at radius 2 is 1.47 bits per heavy atom. The molecule has 0 radical (unpaired) electrons. The molecule has 1 aliphatic rings. The number of amides is 2. The van der Waals surface area contributed by atoms with Gasteiger partial charge >= 0.3 is 6.03 Å². The van der Waals surface area contributed by atoms with Gasteiger partial charge in [0.15, 0.2) is 0 Å². The lowest BCUT2D eigenvalue weighted by molar-refractivity contribution is 0.116. The number of rotatable bonds is 8. The van der Waals surface area contributed by atoms with Gasteiger partial charge in [-0.25, -0.2) is 4.79 Å². The molecule has 7 heteroatoms. The van der Waals surface area contributed by atoms with Crippen molar-refractivity contribution >= 4 is 17.4 Å². The first-order valence-corrected chi connectivity index (χ1v) is 11.0. The van der Waals surface area contributed by atoms with E-state index in [4.69, 9.17) is 9.15 Å². The van der Waals surface area contributed by atoms with Crippen LogP contribution in [0.15, 0.2) is 71.3 Å². The zero-order chi connectivity index (χ0) is 22.2. The number of hydrogen-bond donors (Lipinski definition) is 2. The summed E-state index contributed by atoms with van der Waals surface area (Å²) < 4.78 is 10.9. The smallest absolute Gasteiger partial charge is 0.323 e. The van der Waals surface area contributed by atoms with Gasteiger partial charge in [-0.1, -0.05) is 12.1 Å². The molecule has 7 nitrogen and oxygen atoms in total. The highest BCUT2D eigenvalue weighted by Crippen LogP contribution is 2.17. The average Bonchev–Trinajstić information content (AvgIpc) is 3.31. The van der Waals surface area contributed by atoms with E-state index in [9.17, 15) is 4.79 Å². The van der Waals surface area contributed by atoms with Gasteiger partial charge in [0.05, 0.1) is 19.4 Å². The maximum absolute atomic E-state index is 12.3. The minimum atomic E-state index is -0.269. The molecule has 0 spiro atoms. The minimum Gasteiger partial charge on any atom is -0.494 e. The van der Waals surface area contributed by atoms with Crippen LogP contribution in [0.4, 0.5) is 16.2 Å². The molecule has 0 saturated carbocycles. The van der Waals surface area contributed by atoms with Gasteiger partial charge in [0.2, 0.25) is 0 Å². The predicted molar refractivity (Wildman–Crippen MR) is 126 cm³/mol. The standard InChI is InChI=1S/C25H30N4O3/c1-2-31-23-11-9-22(10-12-23)27-25(30)26-21-7-5-20(6-8-21)18-28-13-15-29(16-14-28)19-24-4-3-17-32-24/h3-12,17H,2,13-16,18-19H2,1H3,(H2,26,27,30). The number of carbonyl (C=O) groups excluding carboxylic acids is 1. The molecule has 0 unspecified atom stereocenters. The summed E-state index contributed by atoms with van der Waals surface area (Å²) in [6.45, 7) is 8.47. The number of piperazine rings is 1. The quantitative estimate of drug-likeness (QED) is 0.541. The topological polar surface area (TPSA) is 70.0 Å². The van der Waals surface area contributed by atoms with Gasteiger partial charge in [0.1, 0.15) is 11.5 Å². The maximum Gasteiger partial charge on any atom is 0.323 e. The van der Waals surface area contributed by atoms with Crippen molar-refractivity contribution in [2.45, 2.75) is 20.0 Å². The van der Waals surface area contributed by atoms with Crippen LogP contribution in [-0.2, 0) is 13.1 Å². The van der Waals surface area contributed by atoms with Crippen LogP contribution in [0.2, 0.25) is 0 Å². The van der Waals surface area contributed by atoms with E-state index >= 15 is 0 Å². The van der Waals surface area contributed by atoms with E-state index < -0.39 is 0 Å². The first-order chi connectivity index (χ1) is 15.7. The molecule has 32 heavy (non-hydrogen) atoms. The van der Waals surface area contributed by atoms with Crippen LogP contribution in [0.3, 0.4) is 0 Å². The normalized spacial score (nSPS) is 14.8. The molecule has 0 aliphatic carbocycles. The van der Waals surface area contributed by atoms with Gasteiger partial charge in [-0.2, -0.15) is 0 Å². The van der Waals surface area contributed by atoms with E-state index in [1.54, 1.807) is 6.26 Å². The van der Waals surface area contributed by atoms with Gasteiger partial charge < -0.3 is 19.8 Å². The van der Waals surface area contributed by atoms with Gasteiger partial charge in [-0.05, 0) is 61.0 Å². The fraction of sp³-hybridized carbons (Fsp3) is 0.320. The van der Waals surface area contributed by atoms with Crippen LogP contribution in [0.5, 0.6) is 5.75 Å². The molecule has 2 amide bonds. The van der Waals surface area contributed by atoms with Crippen LogP contribution in [0.25, 0.3) is 0 Å². The van der Waals surface area contributed by atoms with E-state index in [0.717, 1.165) is 56.5 Å². The number of hydrogen-bond acceptors (Lipinski definition) is 5. The molecule has 0 atom stereocenters. The van der Waals surface area contributed by atoms with Crippen LogP contribution >= 0.6 is 0 Å². The summed E-state index contributed by atoms with van der Waals surface area (Å²) in [5.41, 5.74) is 2.72. The maximum atomic E-state index is 12.3. The summed E-state index contributed by atoms with van der Waals surface area (Å²) in [7, 11) is 0. The molecule has 1 fully saturated rings. The Hall–Kier alpha value is -3.29. The Labute approximate surface area is 189 Å². The third-order valence-electron chi connectivity index (χ3n) is 5.47. The second-order valence-electron chi connectivity index (χ2n) is 7.87. The van der Waals surface area contributed by atoms with Crippen molar-refractivity contribution in [1.82, 2.24) is 9.80 Å². The number of anilines is 2. The zero-order valence-corrected chi connectivity index (χ0v) is 18.4. The Morgan fingerprint density at radius 1 is 0.875 bits per heavy atom. The molecule has 2 N–H and O–H groups in total. The molecule has 1 aliphatic heterocycles. The molecule has 2 heterocycles. The molecular weight excluding hydrogens is 404 g/mol. The Balaban J connectivity index is 1.20. The van der Waals surface area contributed by atoms with E-state index in [1.165, 1.54) is 5.56 Å². The molecule has 2 aromatic carbocycles. The summed E-state index contributed by atoms with van der Waals surface area (Å²) >= 11 is 0. The van der Waals surface area contributed by atoms with Crippen molar-refractivity contribution < 1.29 is 13.9 Å². The van der Waals surface area contributed by atoms with E-state index in [0.29, 0.717) is 12.3 Å². The molecule has 0 bridgehead atoms. The predicted octanol–water partition coefficient (Wildman–Crippen LogP) is 4.64. The lowest BCUT2D eigenvalue weighted by Gasteiger charge is -2.34. The van der Waals surface area contributed by atoms with Crippen molar-refractivity contribution in [1.29, 1.82) is 0 Å². The first kappa shape index (κ1) is 21.9. The number of carbonyl (C=O) groups is 1. The SMILES string of the molecule is CCOc1ccc(NC(=O)Nc2ccc(CN3CCN(Cc4ccco4)CC3)cc2)cc1. The number of nitrogens with zero attached hydrogens (tertiary/aromatic N) is 2. The summed E-state index contributed by atoms with van der Waals surface area (Å²) in [6, 6.07) is 19.0. The molecule has 4 rings (SSSR count). The summed E-state index contributed by atoms with van der Waals surface area (Å²) in [6.07, 6.45) is 1.73. The van der Waals surface area contributed by atoms with Gasteiger partial charge in [0.25, 0.3) is 0 Å². The molecular formula is C25H30N4O3. The zero-order valence-electron chi connectivity index (χ0n) is 18.4. The number of nitrogens with one attached hydrogen (secondary N) is 2. The fourth-order valence-electron chi connectivity index (χ4n) is 3.77. The summed E-state index contributed by atoms with van der Waals surface area (Å²) in [5.74, 6) is 1.81. The Morgan fingerprint density at radius 3 is 2.03 bits per heavy atom. The molecule has 1 saturated heterocycles. The first-order valence-electron chi connectivity index (χ1n) is 11.0. The highest BCUT2D eigenvalue weighted by Gasteiger charge is 2.17. The van der Waals surface area contributed by atoms with E-state index in [1.807, 2.05) is 55.5 Å². The lowest BCUT2D eigenvalue weighted by Crippen LogP contribution is -2.45. The molecule has 3 aromatic rings. The monoisotopic (exact) mass is 434 g/mol. The summed E-state index contributed by atoms with van der Waals surface area (Å²) in [5, 5.41) is 5.71. The van der Waals surface area contributed by atoms with E-state index in [2.05, 4.69) is 32.6 Å². The number of ether oxygens (including phenoxy) is 1. The van der Waals surface area contributed by atoms with Crippen LogP contribution in [-0.4, -0.2) is 48.6 Å². The second kappa shape index (κ2) is 10.8. The Kier molecular flexibility index (Phi) is 7.42. The van der Waals surface area contributed by atoms with Crippen molar-refractivity contribution in [2.75, 3.05) is 43.4 Å². The third kappa shape index (κ3) is 6.35. The van der Waals surface area contributed by atoms with E-state index in [-0.39, 0.29) is 6.03 Å². The largest absolute Gasteiger partial charge is 0.494 e. The van der Waals surface area contributed by atoms with Crippen molar-refractivity contribution in [3.63, 3.8) is 0 Å². The van der Waals surface area contributed by atoms with Gasteiger partial charge in [0, 0.05) is 44.1 Å². The lowest BCUT2D eigenvalue weighted by atomic mass is 10.1. The fourth-order valence-corrected chi connectivity index (χ4v) is 3.77. The van der Waals surface area contributed by atoms with Crippen molar-refractivity contribution in [3.05, 3.63) is 78.3 Å². The summed E-state index contributed by atoms with van der Waals surface area (Å²) in [4.78, 5) is 17.1. The third-order valence-corrected chi connectivity index (χ3v) is 5.47. The highest BCUT2D eigenvalue weighted by molar-refractivity contribution is 5.99. The second-order valence-corrected chi connectivity index (χ2v) is 7.87. The van der Waals surface area contributed by atoms with Crippen LogP contribution in [0.1, 0.15) is 18.2 Å². The molecule has 168 valence electrons. The molecule has 1 aromatic heterocycles. The van der Waals surface area contributed by atoms with Crippen molar-refractivity contribution in [2.24, 2.45) is 0 Å². The average molecular weight is 435 g/mol. The minimum absolute atomic E-state index is 0.269. The number of furan rings is 1. The Bertz CT molecular complexity index is 963. The van der Waals surface area contributed by atoms with Gasteiger partial charge in [-0.15, -0.1) is 0 Å². The number of benzene rings is 2. The highest BCUT2D eigenvalue weighted by atomic mass is 16.5.